The third-order valence-corrected chi connectivity index (χ3v) is 3.48. The van der Waals surface area contributed by atoms with Gasteiger partial charge in [0, 0.05) is 10.9 Å². The van der Waals surface area contributed by atoms with Gasteiger partial charge in [0.25, 0.3) is 0 Å². The van der Waals surface area contributed by atoms with E-state index in [1.807, 2.05) is 6.07 Å². The van der Waals surface area contributed by atoms with Gasteiger partial charge >= 0.3 is 0 Å². The molecule has 0 fully saturated rings. The van der Waals surface area contributed by atoms with Crippen molar-refractivity contribution in [3.8, 4) is 0 Å². The van der Waals surface area contributed by atoms with Crippen molar-refractivity contribution in [2.75, 3.05) is 0 Å². The van der Waals surface area contributed by atoms with Gasteiger partial charge in [-0.15, -0.1) is 0 Å². The fraction of sp³-hybridized carbons (Fsp3) is 0.200. The molecule has 0 aromatic heterocycles. The number of halogens is 1. The second kappa shape index (κ2) is 4.17. The van der Waals surface area contributed by atoms with Crippen molar-refractivity contribution in [2.45, 2.75) is 18.4 Å². The van der Waals surface area contributed by atoms with Crippen LogP contribution in [0.3, 0.4) is 0 Å². The Hall–Kier alpha value is -1.31. The van der Waals surface area contributed by atoms with Gasteiger partial charge in [0.05, 0.1) is 10.2 Å². The first-order chi connectivity index (χ1) is 9.49. The SMILES string of the molecule is [2H]c1ccc([C@@H]2C[C@H](O)c3cc(Cl)ccc32)c([2H])c1[2H]. The summed E-state index contributed by atoms with van der Waals surface area (Å²) in [5, 5.41) is 10.7. The molecule has 1 aliphatic rings. The van der Waals surface area contributed by atoms with Crippen molar-refractivity contribution in [1.82, 2.24) is 0 Å². The number of fused-ring (bicyclic) bond motifs is 1. The molecule has 0 saturated carbocycles. The number of hydrogen-bond acceptors (Lipinski definition) is 1. The molecule has 0 spiro atoms. The average Bonchev–Trinajstić information content (AvgIpc) is 2.73. The highest BCUT2D eigenvalue weighted by Crippen LogP contribution is 2.44. The second-order valence-electron chi connectivity index (χ2n) is 4.26. The molecule has 2 aromatic carbocycles. The Morgan fingerprint density at radius 1 is 1.24 bits per heavy atom. The monoisotopic (exact) mass is 247 g/mol. The van der Waals surface area contributed by atoms with E-state index in [4.69, 9.17) is 15.7 Å². The quantitative estimate of drug-likeness (QED) is 0.810. The first-order valence-corrected chi connectivity index (χ1v) is 5.91. The van der Waals surface area contributed by atoms with E-state index in [2.05, 4.69) is 0 Å². The van der Waals surface area contributed by atoms with Crippen LogP contribution in [0.5, 0.6) is 0 Å². The highest BCUT2D eigenvalue weighted by molar-refractivity contribution is 6.30. The van der Waals surface area contributed by atoms with Crippen LogP contribution in [-0.2, 0) is 0 Å². The zero-order valence-electron chi connectivity index (χ0n) is 12.1. The van der Waals surface area contributed by atoms with Crippen LogP contribution in [0.25, 0.3) is 0 Å². The molecule has 0 bridgehead atoms. The van der Waals surface area contributed by atoms with Crippen LogP contribution in [-0.4, -0.2) is 5.11 Å². The van der Waals surface area contributed by atoms with Gasteiger partial charge < -0.3 is 5.11 Å². The summed E-state index contributed by atoms with van der Waals surface area (Å²) in [6.45, 7) is 0. The molecule has 1 N–H and O–H groups in total. The van der Waals surface area contributed by atoms with Crippen LogP contribution < -0.4 is 0 Å². The number of hydrogen-bond donors (Lipinski definition) is 1. The lowest BCUT2D eigenvalue weighted by Crippen LogP contribution is -1.95. The molecule has 1 aliphatic carbocycles. The van der Waals surface area contributed by atoms with Crippen molar-refractivity contribution in [3.63, 3.8) is 0 Å². The van der Waals surface area contributed by atoms with Gasteiger partial charge in [-0.05, 0) is 35.2 Å². The topological polar surface area (TPSA) is 20.2 Å². The highest BCUT2D eigenvalue weighted by Gasteiger charge is 2.30. The maximum atomic E-state index is 10.1. The summed E-state index contributed by atoms with van der Waals surface area (Å²) < 4.78 is 23.4. The third-order valence-electron chi connectivity index (χ3n) is 3.24. The normalized spacial score (nSPS) is 24.9. The van der Waals surface area contributed by atoms with Crippen LogP contribution in [0.1, 0.15) is 39.2 Å². The van der Waals surface area contributed by atoms with Crippen LogP contribution in [0, 0.1) is 0 Å². The lowest BCUT2D eigenvalue weighted by molar-refractivity contribution is 0.176. The maximum absolute atomic E-state index is 10.1. The minimum Gasteiger partial charge on any atom is -0.388 e. The van der Waals surface area contributed by atoms with E-state index >= 15 is 0 Å². The molecule has 2 aromatic rings. The highest BCUT2D eigenvalue weighted by atomic mass is 35.5. The zero-order chi connectivity index (χ0) is 14.4. The van der Waals surface area contributed by atoms with E-state index in [-0.39, 0.29) is 24.0 Å². The molecule has 0 saturated heterocycles. The molecule has 1 nitrogen and oxygen atoms in total. The molecule has 2 atom stereocenters. The summed E-state index contributed by atoms with van der Waals surface area (Å²) in [4.78, 5) is 0. The molecule has 0 heterocycles. The summed E-state index contributed by atoms with van der Waals surface area (Å²) in [7, 11) is 0. The fourth-order valence-corrected chi connectivity index (χ4v) is 2.63. The molecule has 86 valence electrons. The number of aliphatic hydroxyl groups is 1. The van der Waals surface area contributed by atoms with Gasteiger partial charge in [0.2, 0.25) is 0 Å². The maximum Gasteiger partial charge on any atom is 0.0802 e. The summed E-state index contributed by atoms with van der Waals surface area (Å²) in [6, 6.07) is 8.70. The third kappa shape index (κ3) is 1.86. The minimum absolute atomic E-state index is 0.0497. The molecule has 0 aliphatic heterocycles. The van der Waals surface area contributed by atoms with Gasteiger partial charge in [-0.3, -0.25) is 0 Å². The van der Waals surface area contributed by atoms with Crippen molar-refractivity contribution in [2.24, 2.45) is 0 Å². The average molecular weight is 248 g/mol. The van der Waals surface area contributed by atoms with Gasteiger partial charge in [0.15, 0.2) is 0 Å². The lowest BCUT2D eigenvalue weighted by atomic mass is 9.93. The first kappa shape index (κ1) is 7.91. The standard InChI is InChI=1S/C15H13ClO/c16-11-6-7-12-13(9-15(17)14(12)8-11)10-4-2-1-3-5-10/h1-8,13,15,17H,9H2/t13-,15-/m0/s1/i1D,2D,4D. The summed E-state index contributed by atoms with van der Waals surface area (Å²) in [5.74, 6) is -0.116. The minimum atomic E-state index is -0.599. The van der Waals surface area contributed by atoms with Gasteiger partial charge in [-0.25, -0.2) is 0 Å². The van der Waals surface area contributed by atoms with E-state index in [1.165, 1.54) is 6.07 Å². The first-order valence-electron chi connectivity index (χ1n) is 7.03. The Labute approximate surface area is 110 Å². The molecule has 2 heteroatoms. The summed E-state index contributed by atoms with van der Waals surface area (Å²) in [6.07, 6.45) is -0.115. The van der Waals surface area contributed by atoms with Crippen molar-refractivity contribution >= 4 is 11.6 Å². The van der Waals surface area contributed by atoms with E-state index < -0.39 is 6.10 Å². The van der Waals surface area contributed by atoms with E-state index in [0.717, 1.165) is 11.1 Å². The van der Waals surface area contributed by atoms with Gasteiger partial charge in [-0.2, -0.15) is 0 Å². The Kier molecular flexibility index (Phi) is 1.94. The Balaban J connectivity index is 2.13. The van der Waals surface area contributed by atoms with Crippen LogP contribution >= 0.6 is 11.6 Å². The Morgan fingerprint density at radius 2 is 2.12 bits per heavy atom. The van der Waals surface area contributed by atoms with Crippen molar-refractivity contribution < 1.29 is 9.22 Å². The Morgan fingerprint density at radius 3 is 3.00 bits per heavy atom. The van der Waals surface area contributed by atoms with E-state index in [0.29, 0.717) is 17.0 Å². The van der Waals surface area contributed by atoms with Gasteiger partial charge in [0.1, 0.15) is 0 Å². The Bertz CT molecular complexity index is 687. The molecule has 17 heavy (non-hydrogen) atoms. The van der Waals surface area contributed by atoms with Crippen LogP contribution in [0.4, 0.5) is 0 Å². The van der Waals surface area contributed by atoms with E-state index in [9.17, 15) is 5.11 Å². The smallest absolute Gasteiger partial charge is 0.0802 e. The van der Waals surface area contributed by atoms with Gasteiger partial charge in [-0.1, -0.05) is 47.9 Å². The summed E-state index contributed by atoms with van der Waals surface area (Å²) in [5.41, 5.74) is 2.43. The largest absolute Gasteiger partial charge is 0.388 e. The van der Waals surface area contributed by atoms with Crippen molar-refractivity contribution in [3.05, 3.63) is 70.2 Å². The fourth-order valence-electron chi connectivity index (χ4n) is 2.45. The number of aliphatic hydroxyl groups excluding tert-OH is 1. The lowest BCUT2D eigenvalue weighted by Gasteiger charge is -2.11. The molecule has 0 radical (unpaired) electrons. The summed E-state index contributed by atoms with van der Waals surface area (Å²) >= 11 is 5.96. The number of benzene rings is 2. The predicted octanol–water partition coefficient (Wildman–Crippen LogP) is 3.91. The number of rotatable bonds is 1. The second-order valence-corrected chi connectivity index (χ2v) is 4.70. The molecule has 0 amide bonds. The molecule has 3 rings (SSSR count). The molecule has 0 unspecified atom stereocenters. The van der Waals surface area contributed by atoms with Crippen LogP contribution in [0.15, 0.2) is 48.5 Å². The zero-order valence-corrected chi connectivity index (χ0v) is 9.83. The predicted molar refractivity (Wildman–Crippen MR) is 69.3 cm³/mol. The van der Waals surface area contributed by atoms with E-state index in [1.54, 1.807) is 18.2 Å². The molecular formula is C15H13ClO. The van der Waals surface area contributed by atoms with Crippen molar-refractivity contribution in [1.29, 1.82) is 0 Å². The van der Waals surface area contributed by atoms with Crippen LogP contribution in [0.2, 0.25) is 5.02 Å². The molecular weight excluding hydrogens is 232 g/mol.